The Kier molecular flexibility index (Phi) is 4.38. The van der Waals surface area contributed by atoms with Crippen LogP contribution in [0.4, 0.5) is 10.1 Å². The van der Waals surface area contributed by atoms with Gasteiger partial charge in [0.1, 0.15) is 5.82 Å². The Morgan fingerprint density at radius 1 is 0.926 bits per heavy atom. The number of halogens is 1. The maximum atomic E-state index is 13.8. The summed E-state index contributed by atoms with van der Waals surface area (Å²) in [6.07, 6.45) is 1.31. The molecule has 0 aromatic heterocycles. The maximum absolute atomic E-state index is 13.8. The molecule has 0 saturated carbocycles. The number of nitrogens with zero attached hydrogens (tertiary/aromatic N) is 1. The number of rotatable bonds is 4. The molecule has 1 amide bonds. The summed E-state index contributed by atoms with van der Waals surface area (Å²) in [6, 6.07) is 22.5. The molecule has 4 rings (SSSR count). The maximum Gasteiger partial charge on any atom is 0.259 e. The van der Waals surface area contributed by atoms with Crippen LogP contribution in [0.25, 0.3) is 5.57 Å². The second kappa shape index (κ2) is 7.00. The van der Waals surface area contributed by atoms with Crippen molar-refractivity contribution in [2.24, 2.45) is 0 Å². The van der Waals surface area contributed by atoms with E-state index in [4.69, 9.17) is 0 Å². The molecule has 1 aliphatic heterocycles. The second-order valence-corrected chi connectivity index (χ2v) is 6.33. The van der Waals surface area contributed by atoms with Gasteiger partial charge >= 0.3 is 0 Å². The molecular formula is C23H16FNO2. The van der Waals surface area contributed by atoms with Crippen molar-refractivity contribution in [1.29, 1.82) is 0 Å². The predicted molar refractivity (Wildman–Crippen MR) is 103 cm³/mol. The van der Waals surface area contributed by atoms with Gasteiger partial charge < -0.3 is 4.90 Å². The Morgan fingerprint density at radius 3 is 2.30 bits per heavy atom. The minimum atomic E-state index is -0.443. The molecule has 3 nitrogen and oxygen atoms in total. The summed E-state index contributed by atoms with van der Waals surface area (Å²) < 4.78 is 13.8. The van der Waals surface area contributed by atoms with Crippen molar-refractivity contribution < 1.29 is 14.0 Å². The quantitative estimate of drug-likeness (QED) is 0.504. The van der Waals surface area contributed by atoms with Crippen LogP contribution >= 0.6 is 0 Å². The Morgan fingerprint density at radius 2 is 1.59 bits per heavy atom. The van der Waals surface area contributed by atoms with Gasteiger partial charge in [0.2, 0.25) is 0 Å². The monoisotopic (exact) mass is 357 g/mol. The SMILES string of the molecule is O=C(/C=C1/C(=O)N(Cc2ccccc2)c2ccc(F)cc21)c1ccccc1. The molecule has 3 aromatic rings. The molecule has 0 radical (unpaired) electrons. The average molecular weight is 357 g/mol. The van der Waals surface area contributed by atoms with Crippen LogP contribution in [0.2, 0.25) is 0 Å². The van der Waals surface area contributed by atoms with Gasteiger partial charge in [-0.2, -0.15) is 0 Å². The molecule has 0 atom stereocenters. The predicted octanol–water partition coefficient (Wildman–Crippen LogP) is 4.64. The molecule has 27 heavy (non-hydrogen) atoms. The number of fused-ring (bicyclic) bond motifs is 1. The van der Waals surface area contributed by atoms with Crippen LogP contribution in [0.1, 0.15) is 21.5 Å². The molecule has 0 bridgehead atoms. The second-order valence-electron chi connectivity index (χ2n) is 6.33. The lowest BCUT2D eigenvalue weighted by Crippen LogP contribution is -2.25. The normalized spacial score (nSPS) is 14.5. The lowest BCUT2D eigenvalue weighted by atomic mass is 10.0. The first-order valence-corrected chi connectivity index (χ1v) is 8.60. The van der Waals surface area contributed by atoms with E-state index in [9.17, 15) is 14.0 Å². The van der Waals surface area contributed by atoms with E-state index in [0.29, 0.717) is 23.4 Å². The molecule has 0 aliphatic carbocycles. The van der Waals surface area contributed by atoms with E-state index in [0.717, 1.165) is 5.56 Å². The number of carbonyl (C=O) groups excluding carboxylic acids is 2. The number of carbonyl (C=O) groups is 2. The average Bonchev–Trinajstić information content (AvgIpc) is 2.94. The highest BCUT2D eigenvalue weighted by molar-refractivity contribution is 6.35. The molecule has 0 fully saturated rings. The van der Waals surface area contributed by atoms with E-state index < -0.39 is 5.82 Å². The zero-order valence-electron chi connectivity index (χ0n) is 14.4. The van der Waals surface area contributed by atoms with Crippen molar-refractivity contribution in [3.8, 4) is 0 Å². The van der Waals surface area contributed by atoms with E-state index in [1.807, 2.05) is 36.4 Å². The third-order valence-electron chi connectivity index (χ3n) is 4.53. The molecule has 132 valence electrons. The molecular weight excluding hydrogens is 341 g/mol. The first kappa shape index (κ1) is 16.9. The highest BCUT2D eigenvalue weighted by Crippen LogP contribution is 2.38. The van der Waals surface area contributed by atoms with Crippen molar-refractivity contribution in [3.05, 3.63) is 107 Å². The molecule has 3 aromatic carbocycles. The number of benzene rings is 3. The molecule has 1 aliphatic rings. The van der Waals surface area contributed by atoms with E-state index >= 15 is 0 Å². The summed E-state index contributed by atoms with van der Waals surface area (Å²) in [6.45, 7) is 0.356. The van der Waals surface area contributed by atoms with Crippen LogP contribution in [0.3, 0.4) is 0 Å². The Balaban J connectivity index is 1.75. The molecule has 0 spiro atoms. The third kappa shape index (κ3) is 3.29. The number of anilines is 1. The van der Waals surface area contributed by atoms with Crippen molar-refractivity contribution in [2.75, 3.05) is 4.90 Å². The Bertz CT molecular complexity index is 1040. The fraction of sp³-hybridized carbons (Fsp3) is 0.0435. The summed E-state index contributed by atoms with van der Waals surface area (Å²) in [5.74, 6) is -1.03. The van der Waals surface area contributed by atoms with Crippen molar-refractivity contribution in [2.45, 2.75) is 6.54 Å². The first-order chi connectivity index (χ1) is 13.1. The van der Waals surface area contributed by atoms with Crippen LogP contribution in [-0.2, 0) is 11.3 Å². The summed E-state index contributed by atoms with van der Waals surface area (Å²) >= 11 is 0. The van der Waals surface area contributed by atoms with Gasteiger partial charge in [0.15, 0.2) is 5.78 Å². The van der Waals surface area contributed by atoms with Gasteiger partial charge in [-0.25, -0.2) is 4.39 Å². The largest absolute Gasteiger partial charge is 0.303 e. The molecule has 0 unspecified atom stereocenters. The Hall–Kier alpha value is -3.53. The minimum absolute atomic E-state index is 0.217. The van der Waals surface area contributed by atoms with Gasteiger partial charge in [-0.15, -0.1) is 0 Å². The highest BCUT2D eigenvalue weighted by atomic mass is 19.1. The number of amides is 1. The van der Waals surface area contributed by atoms with Gasteiger partial charge in [-0.3, -0.25) is 9.59 Å². The summed E-state index contributed by atoms with van der Waals surface area (Å²) in [7, 11) is 0. The van der Waals surface area contributed by atoms with Crippen LogP contribution in [0, 0.1) is 5.82 Å². The van der Waals surface area contributed by atoms with Gasteiger partial charge in [-0.05, 0) is 29.8 Å². The molecule has 1 heterocycles. The third-order valence-corrected chi connectivity index (χ3v) is 4.53. The Labute approximate surface area is 156 Å². The number of hydrogen-bond acceptors (Lipinski definition) is 2. The van der Waals surface area contributed by atoms with Gasteiger partial charge in [0, 0.05) is 11.1 Å². The van der Waals surface area contributed by atoms with Crippen LogP contribution in [-0.4, -0.2) is 11.7 Å². The number of hydrogen-bond donors (Lipinski definition) is 0. The fourth-order valence-corrected chi connectivity index (χ4v) is 3.21. The van der Waals surface area contributed by atoms with Crippen LogP contribution < -0.4 is 4.90 Å². The van der Waals surface area contributed by atoms with Crippen molar-refractivity contribution >= 4 is 23.0 Å². The molecule has 4 heteroatoms. The van der Waals surface area contributed by atoms with E-state index in [2.05, 4.69) is 0 Å². The van der Waals surface area contributed by atoms with E-state index in [1.165, 1.54) is 18.2 Å². The standard InChI is InChI=1S/C23H16FNO2/c24-18-11-12-21-19(13-18)20(14-22(26)17-9-5-2-6-10-17)23(27)25(21)15-16-7-3-1-4-8-16/h1-14H,15H2/b20-14+. The minimum Gasteiger partial charge on any atom is -0.303 e. The summed E-state index contributed by atoms with van der Waals surface area (Å²) in [4.78, 5) is 27.2. The fourth-order valence-electron chi connectivity index (χ4n) is 3.21. The molecule has 0 saturated heterocycles. The topological polar surface area (TPSA) is 37.4 Å². The van der Waals surface area contributed by atoms with E-state index in [1.54, 1.807) is 35.2 Å². The number of ketones is 1. The highest BCUT2D eigenvalue weighted by Gasteiger charge is 2.33. The van der Waals surface area contributed by atoms with Crippen molar-refractivity contribution in [3.63, 3.8) is 0 Å². The van der Waals surface area contributed by atoms with Gasteiger partial charge in [0.25, 0.3) is 5.91 Å². The zero-order valence-corrected chi connectivity index (χ0v) is 14.4. The lowest BCUT2D eigenvalue weighted by Gasteiger charge is -2.17. The zero-order chi connectivity index (χ0) is 18.8. The smallest absolute Gasteiger partial charge is 0.259 e. The lowest BCUT2D eigenvalue weighted by molar-refractivity contribution is -0.113. The number of allylic oxidation sites excluding steroid dienone is 1. The van der Waals surface area contributed by atoms with Gasteiger partial charge in [0.05, 0.1) is 17.8 Å². The van der Waals surface area contributed by atoms with Gasteiger partial charge in [-0.1, -0.05) is 60.7 Å². The summed E-state index contributed by atoms with van der Waals surface area (Å²) in [5.41, 5.74) is 2.71. The summed E-state index contributed by atoms with van der Waals surface area (Å²) in [5, 5.41) is 0. The molecule has 0 N–H and O–H groups in total. The first-order valence-electron chi connectivity index (χ1n) is 8.60. The van der Waals surface area contributed by atoms with Crippen molar-refractivity contribution in [1.82, 2.24) is 0 Å². The van der Waals surface area contributed by atoms with E-state index in [-0.39, 0.29) is 17.3 Å². The van der Waals surface area contributed by atoms with Crippen LogP contribution in [0.15, 0.2) is 84.9 Å². The van der Waals surface area contributed by atoms with Crippen LogP contribution in [0.5, 0.6) is 0 Å².